The van der Waals surface area contributed by atoms with Gasteiger partial charge in [-0.1, -0.05) is 13.8 Å². The number of rotatable bonds is 5. The molecule has 0 saturated carbocycles. The standard InChI is InChI=1S/C23H27N5O5S/c1-5-27(6-2)34(32,33)16-9-12-19-15(14-16)8-7-13-28(19)22(30)18-11-10-17-20(24-18)25(3)23(31)26(4)21(17)29/h9-12,14H,5-8,13H2,1-4H3. The van der Waals surface area contributed by atoms with Crippen molar-refractivity contribution in [1.29, 1.82) is 0 Å². The summed E-state index contributed by atoms with van der Waals surface area (Å²) in [6.45, 7) is 4.78. The number of fused-ring (bicyclic) bond motifs is 2. The van der Waals surface area contributed by atoms with Crippen LogP contribution >= 0.6 is 0 Å². The Balaban J connectivity index is 1.75. The van der Waals surface area contributed by atoms with Gasteiger partial charge in [-0.3, -0.25) is 18.7 Å². The van der Waals surface area contributed by atoms with E-state index < -0.39 is 21.3 Å². The Hall–Kier alpha value is -3.31. The molecule has 0 aliphatic carbocycles. The second kappa shape index (κ2) is 8.80. The summed E-state index contributed by atoms with van der Waals surface area (Å²) in [4.78, 5) is 44.2. The van der Waals surface area contributed by atoms with Crippen LogP contribution in [0.2, 0.25) is 0 Å². The highest BCUT2D eigenvalue weighted by Crippen LogP contribution is 2.31. The zero-order valence-electron chi connectivity index (χ0n) is 19.6. The molecule has 0 bridgehead atoms. The van der Waals surface area contributed by atoms with Crippen molar-refractivity contribution in [2.45, 2.75) is 31.6 Å². The summed E-state index contributed by atoms with van der Waals surface area (Å²) < 4.78 is 29.5. The lowest BCUT2D eigenvalue weighted by molar-refractivity contribution is 0.0980. The Labute approximate surface area is 197 Å². The van der Waals surface area contributed by atoms with Crippen molar-refractivity contribution in [3.63, 3.8) is 0 Å². The van der Waals surface area contributed by atoms with Crippen molar-refractivity contribution in [3.8, 4) is 0 Å². The fourth-order valence-corrected chi connectivity index (χ4v) is 5.88. The van der Waals surface area contributed by atoms with Crippen LogP contribution in [-0.2, 0) is 30.5 Å². The number of benzene rings is 1. The highest BCUT2D eigenvalue weighted by Gasteiger charge is 2.28. The van der Waals surface area contributed by atoms with Gasteiger partial charge in [0.2, 0.25) is 10.0 Å². The molecular formula is C23H27N5O5S. The largest absolute Gasteiger partial charge is 0.332 e. The fraction of sp³-hybridized carbons (Fsp3) is 0.391. The average Bonchev–Trinajstić information content (AvgIpc) is 2.85. The van der Waals surface area contributed by atoms with Crippen molar-refractivity contribution >= 4 is 32.7 Å². The van der Waals surface area contributed by atoms with Gasteiger partial charge < -0.3 is 4.90 Å². The van der Waals surface area contributed by atoms with Gasteiger partial charge in [-0.25, -0.2) is 18.2 Å². The Morgan fingerprint density at radius 2 is 1.76 bits per heavy atom. The molecule has 1 aliphatic rings. The number of pyridine rings is 1. The number of hydrogen-bond acceptors (Lipinski definition) is 6. The number of aryl methyl sites for hydroxylation is 2. The number of carbonyl (C=O) groups excluding carboxylic acids is 1. The topological polar surface area (TPSA) is 115 Å². The quantitative estimate of drug-likeness (QED) is 0.537. The van der Waals surface area contributed by atoms with Gasteiger partial charge in [-0.05, 0) is 48.7 Å². The van der Waals surface area contributed by atoms with E-state index in [2.05, 4.69) is 4.98 Å². The zero-order chi connectivity index (χ0) is 24.8. The third-order valence-corrected chi connectivity index (χ3v) is 8.32. The van der Waals surface area contributed by atoms with Crippen molar-refractivity contribution in [2.75, 3.05) is 24.5 Å². The van der Waals surface area contributed by atoms with Crippen LogP contribution in [0.25, 0.3) is 11.0 Å². The Bertz CT molecular complexity index is 1520. The molecule has 0 atom stereocenters. The molecule has 0 radical (unpaired) electrons. The molecule has 180 valence electrons. The van der Waals surface area contributed by atoms with E-state index in [4.69, 9.17) is 0 Å². The van der Waals surface area contributed by atoms with E-state index >= 15 is 0 Å². The molecule has 0 N–H and O–H groups in total. The molecule has 1 aromatic carbocycles. The summed E-state index contributed by atoms with van der Waals surface area (Å²) >= 11 is 0. The zero-order valence-corrected chi connectivity index (χ0v) is 20.4. The molecule has 0 unspecified atom stereocenters. The van der Waals surface area contributed by atoms with Gasteiger partial charge in [-0.15, -0.1) is 0 Å². The maximum absolute atomic E-state index is 13.4. The molecule has 11 heteroatoms. The van der Waals surface area contributed by atoms with Crippen LogP contribution in [0.15, 0.2) is 44.8 Å². The molecule has 3 heterocycles. The lowest BCUT2D eigenvalue weighted by Crippen LogP contribution is -2.38. The van der Waals surface area contributed by atoms with E-state index in [1.807, 2.05) is 0 Å². The van der Waals surface area contributed by atoms with E-state index in [9.17, 15) is 22.8 Å². The number of aromatic nitrogens is 3. The van der Waals surface area contributed by atoms with Crippen LogP contribution in [0.1, 0.15) is 36.3 Å². The molecule has 2 aromatic heterocycles. The Kier molecular flexibility index (Phi) is 6.17. The minimum absolute atomic E-state index is 0.100. The second-order valence-electron chi connectivity index (χ2n) is 8.21. The molecular weight excluding hydrogens is 458 g/mol. The van der Waals surface area contributed by atoms with E-state index in [0.29, 0.717) is 38.2 Å². The first-order chi connectivity index (χ1) is 16.1. The summed E-state index contributed by atoms with van der Waals surface area (Å²) in [6, 6.07) is 7.81. The normalized spacial score (nSPS) is 14.0. The molecule has 1 amide bonds. The Morgan fingerprint density at radius 3 is 2.44 bits per heavy atom. The van der Waals surface area contributed by atoms with Crippen molar-refractivity contribution in [2.24, 2.45) is 14.1 Å². The van der Waals surface area contributed by atoms with Crippen LogP contribution in [0.3, 0.4) is 0 Å². The first-order valence-corrected chi connectivity index (χ1v) is 12.6. The number of hydrogen-bond donors (Lipinski definition) is 0. The van der Waals surface area contributed by atoms with E-state index in [-0.39, 0.29) is 27.5 Å². The summed E-state index contributed by atoms with van der Waals surface area (Å²) in [5, 5.41) is 0.242. The third kappa shape index (κ3) is 3.74. The molecule has 0 fully saturated rings. The van der Waals surface area contributed by atoms with Crippen LogP contribution in [0.5, 0.6) is 0 Å². The molecule has 0 spiro atoms. The fourth-order valence-electron chi connectivity index (χ4n) is 4.37. The van der Waals surface area contributed by atoms with Gasteiger partial charge in [-0.2, -0.15) is 4.31 Å². The average molecular weight is 486 g/mol. The molecule has 3 aromatic rings. The van der Waals surface area contributed by atoms with Gasteiger partial charge >= 0.3 is 5.69 Å². The summed E-state index contributed by atoms with van der Waals surface area (Å²) in [6.07, 6.45) is 1.32. The molecule has 0 saturated heterocycles. The van der Waals surface area contributed by atoms with Crippen molar-refractivity contribution in [3.05, 3.63) is 62.4 Å². The summed E-state index contributed by atoms with van der Waals surface area (Å²) in [5.74, 6) is -0.379. The number of sulfonamides is 1. The molecule has 4 rings (SSSR count). The van der Waals surface area contributed by atoms with Gasteiger partial charge in [0.15, 0.2) is 0 Å². The Morgan fingerprint density at radius 1 is 1.06 bits per heavy atom. The van der Waals surface area contributed by atoms with Crippen molar-refractivity contribution < 1.29 is 13.2 Å². The predicted octanol–water partition coefficient (Wildman–Crippen LogP) is 1.26. The van der Waals surface area contributed by atoms with E-state index in [1.54, 1.807) is 30.9 Å². The molecule has 1 aliphatic heterocycles. The smallest absolute Gasteiger partial charge is 0.307 e. The van der Waals surface area contributed by atoms with Gasteiger partial charge in [0.05, 0.1) is 10.3 Å². The lowest BCUT2D eigenvalue weighted by Gasteiger charge is -2.30. The summed E-state index contributed by atoms with van der Waals surface area (Å²) in [5.41, 5.74) is 0.638. The third-order valence-electron chi connectivity index (χ3n) is 6.28. The lowest BCUT2D eigenvalue weighted by atomic mass is 10.0. The summed E-state index contributed by atoms with van der Waals surface area (Å²) in [7, 11) is -0.721. The highest BCUT2D eigenvalue weighted by molar-refractivity contribution is 7.89. The number of nitrogens with zero attached hydrogens (tertiary/aromatic N) is 5. The van der Waals surface area contributed by atoms with Crippen LogP contribution in [0, 0.1) is 0 Å². The minimum atomic E-state index is -3.61. The molecule has 34 heavy (non-hydrogen) atoms. The molecule has 10 nitrogen and oxygen atoms in total. The minimum Gasteiger partial charge on any atom is -0.307 e. The monoisotopic (exact) mass is 485 g/mol. The number of amides is 1. The second-order valence-corrected chi connectivity index (χ2v) is 10.2. The number of anilines is 1. The van der Waals surface area contributed by atoms with E-state index in [0.717, 1.165) is 10.1 Å². The number of carbonyl (C=O) groups is 1. The van der Waals surface area contributed by atoms with Crippen LogP contribution in [-0.4, -0.2) is 52.4 Å². The van der Waals surface area contributed by atoms with Gasteiger partial charge in [0.1, 0.15) is 11.3 Å². The van der Waals surface area contributed by atoms with Crippen molar-refractivity contribution in [1.82, 2.24) is 18.4 Å². The SMILES string of the molecule is CCN(CC)S(=O)(=O)c1ccc2c(c1)CCCN2C(=O)c1ccc2c(=O)n(C)c(=O)n(C)c2n1. The van der Waals surface area contributed by atoms with Crippen LogP contribution < -0.4 is 16.1 Å². The first-order valence-electron chi connectivity index (χ1n) is 11.1. The maximum Gasteiger partial charge on any atom is 0.332 e. The van der Waals surface area contributed by atoms with Gasteiger partial charge in [0, 0.05) is 39.4 Å². The maximum atomic E-state index is 13.4. The highest BCUT2D eigenvalue weighted by atomic mass is 32.2. The van der Waals surface area contributed by atoms with Crippen LogP contribution in [0.4, 0.5) is 5.69 Å². The van der Waals surface area contributed by atoms with Gasteiger partial charge in [0.25, 0.3) is 11.5 Å². The first kappa shape index (κ1) is 23.8. The van der Waals surface area contributed by atoms with E-state index in [1.165, 1.54) is 41.2 Å². The predicted molar refractivity (Wildman–Crippen MR) is 129 cm³/mol.